The number of hydrogen-bond donors (Lipinski definition) is 3. The average Bonchev–Trinajstić information content (AvgIpc) is 2.38. The fourth-order valence-corrected chi connectivity index (χ4v) is 2.56. The van der Waals surface area contributed by atoms with Crippen LogP contribution < -0.4 is 4.72 Å². The van der Waals surface area contributed by atoms with E-state index < -0.39 is 33.5 Å². The van der Waals surface area contributed by atoms with E-state index >= 15 is 0 Å². The van der Waals surface area contributed by atoms with Gasteiger partial charge in [0.1, 0.15) is 5.82 Å². The molecule has 20 heavy (non-hydrogen) atoms. The van der Waals surface area contributed by atoms with E-state index in [1.54, 1.807) is 6.92 Å². The molecule has 0 heterocycles. The van der Waals surface area contributed by atoms with Crippen molar-refractivity contribution in [2.45, 2.75) is 30.8 Å². The fraction of sp³-hybridized carbons (Fsp3) is 0.417. The van der Waals surface area contributed by atoms with E-state index in [0.717, 1.165) is 18.2 Å². The van der Waals surface area contributed by atoms with Gasteiger partial charge in [0.2, 0.25) is 10.0 Å². The van der Waals surface area contributed by atoms with Gasteiger partial charge in [0.25, 0.3) is 0 Å². The lowest BCUT2D eigenvalue weighted by molar-refractivity contribution is 0.0691. The van der Waals surface area contributed by atoms with Crippen LogP contribution in [0.25, 0.3) is 0 Å². The van der Waals surface area contributed by atoms with Crippen LogP contribution in [0.5, 0.6) is 0 Å². The number of halogens is 1. The van der Waals surface area contributed by atoms with Crippen LogP contribution in [0, 0.1) is 5.82 Å². The summed E-state index contributed by atoms with van der Waals surface area (Å²) in [5.74, 6) is -2.54. The summed E-state index contributed by atoms with van der Waals surface area (Å²) in [5, 5.41) is 18.1. The van der Waals surface area contributed by atoms with Gasteiger partial charge in [-0.1, -0.05) is 6.92 Å². The van der Waals surface area contributed by atoms with Crippen LogP contribution in [0.3, 0.4) is 0 Å². The monoisotopic (exact) mass is 305 g/mol. The van der Waals surface area contributed by atoms with Crippen molar-refractivity contribution >= 4 is 16.0 Å². The molecule has 1 rings (SSSR count). The number of carboxylic acids is 1. The van der Waals surface area contributed by atoms with Gasteiger partial charge >= 0.3 is 5.97 Å². The maximum absolute atomic E-state index is 13.2. The molecule has 0 bridgehead atoms. The van der Waals surface area contributed by atoms with Gasteiger partial charge in [0, 0.05) is 6.54 Å². The number of benzene rings is 1. The number of aliphatic hydroxyl groups excluding tert-OH is 1. The summed E-state index contributed by atoms with van der Waals surface area (Å²) >= 11 is 0. The highest BCUT2D eigenvalue weighted by atomic mass is 32.2. The lowest BCUT2D eigenvalue weighted by Gasteiger charge is -2.10. The molecular weight excluding hydrogens is 289 g/mol. The smallest absolute Gasteiger partial charge is 0.338 e. The zero-order chi connectivity index (χ0) is 15.3. The topological polar surface area (TPSA) is 104 Å². The van der Waals surface area contributed by atoms with Crippen LogP contribution >= 0.6 is 0 Å². The molecule has 0 spiro atoms. The average molecular weight is 305 g/mol. The van der Waals surface area contributed by atoms with Crippen LogP contribution in [0.4, 0.5) is 4.39 Å². The van der Waals surface area contributed by atoms with Gasteiger partial charge < -0.3 is 10.2 Å². The lowest BCUT2D eigenvalue weighted by Crippen LogP contribution is -2.27. The molecule has 3 N–H and O–H groups in total. The van der Waals surface area contributed by atoms with Gasteiger partial charge in [-0.3, -0.25) is 0 Å². The number of hydrogen-bond acceptors (Lipinski definition) is 4. The van der Waals surface area contributed by atoms with Crippen LogP contribution in [0.1, 0.15) is 30.1 Å². The van der Waals surface area contributed by atoms with E-state index in [2.05, 4.69) is 4.72 Å². The number of aromatic carboxylic acids is 1. The number of carbonyl (C=O) groups is 1. The SMILES string of the molecule is CCC(O)CCNS(=O)(=O)c1ccc(F)c(C(=O)O)c1. The number of carboxylic acid groups (broad SMARTS) is 1. The lowest BCUT2D eigenvalue weighted by atomic mass is 10.2. The largest absolute Gasteiger partial charge is 0.478 e. The van der Waals surface area contributed by atoms with E-state index in [0.29, 0.717) is 6.42 Å². The molecule has 1 aromatic rings. The quantitative estimate of drug-likeness (QED) is 0.696. The first-order valence-corrected chi connectivity index (χ1v) is 7.46. The summed E-state index contributed by atoms with van der Waals surface area (Å²) in [4.78, 5) is 10.4. The van der Waals surface area contributed by atoms with Crippen LogP contribution in [0.15, 0.2) is 23.1 Å². The summed E-state index contributed by atoms with van der Waals surface area (Å²) in [6.07, 6.45) is 0.130. The third kappa shape index (κ3) is 4.26. The Bertz CT molecular complexity index is 588. The molecule has 112 valence electrons. The third-order valence-corrected chi connectivity index (χ3v) is 4.18. The fourth-order valence-electron chi connectivity index (χ4n) is 1.48. The van der Waals surface area contributed by atoms with Gasteiger partial charge in [-0.15, -0.1) is 0 Å². The highest BCUT2D eigenvalue weighted by Crippen LogP contribution is 2.15. The van der Waals surface area contributed by atoms with Crippen LogP contribution in [0.2, 0.25) is 0 Å². The minimum atomic E-state index is -3.93. The first-order chi connectivity index (χ1) is 9.27. The first-order valence-electron chi connectivity index (χ1n) is 5.98. The minimum Gasteiger partial charge on any atom is -0.478 e. The predicted octanol–water partition coefficient (Wildman–Crippen LogP) is 0.963. The number of nitrogens with one attached hydrogen (secondary N) is 1. The van der Waals surface area contributed by atoms with Crippen molar-refractivity contribution in [1.29, 1.82) is 0 Å². The van der Waals surface area contributed by atoms with E-state index in [1.807, 2.05) is 0 Å². The van der Waals surface area contributed by atoms with Crippen molar-refractivity contribution in [2.75, 3.05) is 6.54 Å². The molecule has 0 aliphatic rings. The maximum Gasteiger partial charge on any atom is 0.338 e. The van der Waals surface area contributed by atoms with Gasteiger partial charge in [-0.05, 0) is 31.0 Å². The van der Waals surface area contributed by atoms with Crippen molar-refractivity contribution < 1.29 is 27.8 Å². The second kappa shape index (κ2) is 6.78. The summed E-state index contributed by atoms with van der Waals surface area (Å²) in [6.45, 7) is 1.77. The summed E-state index contributed by atoms with van der Waals surface area (Å²) in [7, 11) is -3.93. The summed E-state index contributed by atoms with van der Waals surface area (Å²) < 4.78 is 39.2. The van der Waals surface area contributed by atoms with E-state index in [-0.39, 0.29) is 17.9 Å². The van der Waals surface area contributed by atoms with Gasteiger partial charge in [0.15, 0.2) is 0 Å². The Balaban J connectivity index is 2.88. The molecule has 0 amide bonds. The molecule has 0 radical (unpaired) electrons. The minimum absolute atomic E-state index is 0.0110. The van der Waals surface area contributed by atoms with Crippen LogP contribution in [-0.2, 0) is 10.0 Å². The highest BCUT2D eigenvalue weighted by molar-refractivity contribution is 7.89. The Kier molecular flexibility index (Phi) is 5.61. The summed E-state index contributed by atoms with van der Waals surface area (Å²) in [5.41, 5.74) is -0.707. The molecule has 0 saturated carbocycles. The van der Waals surface area contributed by atoms with Gasteiger partial charge in [-0.2, -0.15) is 0 Å². The molecule has 0 fully saturated rings. The third-order valence-electron chi connectivity index (χ3n) is 2.72. The molecule has 8 heteroatoms. The number of rotatable bonds is 7. The Labute approximate surface area is 116 Å². The Morgan fingerprint density at radius 1 is 1.45 bits per heavy atom. The molecule has 0 saturated heterocycles. The normalized spacial score (nSPS) is 13.2. The maximum atomic E-state index is 13.2. The highest BCUT2D eigenvalue weighted by Gasteiger charge is 2.19. The van der Waals surface area contributed by atoms with Gasteiger partial charge in [-0.25, -0.2) is 22.3 Å². The first kappa shape index (κ1) is 16.5. The number of aliphatic hydroxyl groups is 1. The standard InChI is InChI=1S/C12H16FNO5S/c1-2-8(15)5-6-14-20(18,19)9-3-4-11(13)10(7-9)12(16)17/h3-4,7-8,14-15H,2,5-6H2,1H3,(H,16,17). The molecule has 1 unspecified atom stereocenters. The zero-order valence-electron chi connectivity index (χ0n) is 10.8. The van der Waals surface area contributed by atoms with Crippen LogP contribution in [-0.4, -0.2) is 37.2 Å². The van der Waals surface area contributed by atoms with Crippen molar-refractivity contribution in [2.24, 2.45) is 0 Å². The van der Waals surface area contributed by atoms with Gasteiger partial charge in [0.05, 0.1) is 16.6 Å². The Morgan fingerprint density at radius 3 is 2.65 bits per heavy atom. The van der Waals surface area contributed by atoms with E-state index in [9.17, 15) is 22.7 Å². The van der Waals surface area contributed by atoms with E-state index in [1.165, 1.54) is 0 Å². The number of sulfonamides is 1. The molecule has 6 nitrogen and oxygen atoms in total. The van der Waals surface area contributed by atoms with E-state index in [4.69, 9.17) is 5.11 Å². The second-order valence-electron chi connectivity index (χ2n) is 4.20. The Morgan fingerprint density at radius 2 is 2.10 bits per heavy atom. The molecule has 1 aromatic carbocycles. The van der Waals surface area contributed by atoms with Crippen molar-refractivity contribution in [3.8, 4) is 0 Å². The predicted molar refractivity (Wildman–Crippen MR) is 69.5 cm³/mol. The van der Waals surface area contributed by atoms with Crippen molar-refractivity contribution in [3.63, 3.8) is 0 Å². The molecule has 1 atom stereocenters. The zero-order valence-corrected chi connectivity index (χ0v) is 11.7. The molecule has 0 aliphatic heterocycles. The van der Waals surface area contributed by atoms with Crippen molar-refractivity contribution in [3.05, 3.63) is 29.6 Å². The molecular formula is C12H16FNO5S. The summed E-state index contributed by atoms with van der Waals surface area (Å²) in [6, 6.07) is 2.54. The molecule has 0 aliphatic carbocycles. The Hall–Kier alpha value is -1.51. The van der Waals surface area contributed by atoms with Crippen molar-refractivity contribution in [1.82, 2.24) is 4.72 Å². The second-order valence-corrected chi connectivity index (χ2v) is 5.96. The molecule has 0 aromatic heterocycles.